The molecule has 0 aromatic heterocycles. The molecule has 0 bridgehead atoms. The van der Waals surface area contributed by atoms with Gasteiger partial charge in [-0.1, -0.05) is 41.5 Å². The molecule has 0 heterocycles. The molecule has 9 heteroatoms. The van der Waals surface area contributed by atoms with Crippen molar-refractivity contribution in [1.29, 1.82) is 0 Å². The van der Waals surface area contributed by atoms with Gasteiger partial charge >= 0.3 is 24.0 Å². The van der Waals surface area contributed by atoms with E-state index in [0.29, 0.717) is 24.7 Å². The Bertz CT molecular complexity index is 1280. The van der Waals surface area contributed by atoms with Crippen LogP contribution in [-0.2, 0) is 23.9 Å². The maximum atomic E-state index is 13.2. The zero-order chi connectivity index (χ0) is 34.2. The van der Waals surface area contributed by atoms with Gasteiger partial charge in [0, 0.05) is 11.5 Å². The summed E-state index contributed by atoms with van der Waals surface area (Å²) in [6, 6.07) is 0.280. The molecule has 6 saturated carbocycles. The zero-order valence-electron chi connectivity index (χ0n) is 29.6. The van der Waals surface area contributed by atoms with Crippen LogP contribution in [0.5, 0.6) is 0 Å². The third kappa shape index (κ3) is 5.48. The van der Waals surface area contributed by atoms with Gasteiger partial charge in [0.15, 0.2) is 0 Å². The van der Waals surface area contributed by atoms with Gasteiger partial charge in [-0.25, -0.2) is 4.79 Å². The third-order valence-corrected chi connectivity index (χ3v) is 15.8. The van der Waals surface area contributed by atoms with E-state index in [1.807, 2.05) is 0 Å². The number of aliphatic carboxylic acids is 2. The number of hydrogen-bond donors (Lipinski definition) is 3. The second-order valence-electron chi connectivity index (χ2n) is 18.1. The first kappa shape index (κ1) is 34.5. The molecule has 6 aliphatic carbocycles. The fourth-order valence-corrected chi connectivity index (χ4v) is 13.0. The summed E-state index contributed by atoms with van der Waals surface area (Å²) in [6.07, 6.45) is 10.7. The normalized spacial score (nSPS) is 44.0. The summed E-state index contributed by atoms with van der Waals surface area (Å²) in [4.78, 5) is 49.1. The molecule has 6 aliphatic rings. The summed E-state index contributed by atoms with van der Waals surface area (Å²) in [5.74, 6) is -0.769. The van der Waals surface area contributed by atoms with Crippen LogP contribution in [0.1, 0.15) is 131 Å². The number of ether oxygens (including phenoxy) is 2. The van der Waals surface area contributed by atoms with E-state index < -0.39 is 23.3 Å². The van der Waals surface area contributed by atoms with Crippen molar-refractivity contribution in [3.8, 4) is 0 Å². The van der Waals surface area contributed by atoms with Crippen LogP contribution < -0.4 is 5.32 Å². The van der Waals surface area contributed by atoms with Crippen LogP contribution in [0.3, 0.4) is 0 Å². The van der Waals surface area contributed by atoms with Gasteiger partial charge in [-0.05, 0) is 129 Å². The minimum atomic E-state index is -1.02. The lowest BCUT2D eigenvalue weighted by Crippen LogP contribution is -2.67. The maximum absolute atomic E-state index is 13.2. The number of carbonyl (C=O) groups is 4. The Morgan fingerprint density at radius 1 is 0.787 bits per heavy atom. The van der Waals surface area contributed by atoms with Crippen molar-refractivity contribution in [2.45, 2.75) is 144 Å². The highest BCUT2D eigenvalue weighted by atomic mass is 16.6. The van der Waals surface area contributed by atoms with E-state index in [2.05, 4.69) is 46.9 Å². The highest BCUT2D eigenvalue weighted by Crippen LogP contribution is 2.77. The Morgan fingerprint density at radius 3 is 2.17 bits per heavy atom. The fourth-order valence-electron chi connectivity index (χ4n) is 13.0. The van der Waals surface area contributed by atoms with Gasteiger partial charge in [0.05, 0.1) is 24.9 Å². The Hall–Kier alpha value is -2.32. The first-order chi connectivity index (χ1) is 22.0. The van der Waals surface area contributed by atoms with Gasteiger partial charge in [-0.2, -0.15) is 0 Å². The van der Waals surface area contributed by atoms with Gasteiger partial charge < -0.3 is 25.0 Å². The number of hydrogen-bond acceptors (Lipinski definition) is 6. The average molecular weight is 658 g/mol. The molecule has 11 atom stereocenters. The second kappa shape index (κ2) is 11.9. The number of esters is 1. The monoisotopic (exact) mass is 657 g/mol. The first-order valence-corrected chi connectivity index (χ1v) is 18.6. The second-order valence-corrected chi connectivity index (χ2v) is 18.1. The van der Waals surface area contributed by atoms with Gasteiger partial charge in [0.2, 0.25) is 0 Å². The molecule has 0 saturated heterocycles. The molecule has 0 radical (unpaired) electrons. The van der Waals surface area contributed by atoms with E-state index in [4.69, 9.17) is 14.6 Å². The van der Waals surface area contributed by atoms with E-state index in [1.165, 1.54) is 0 Å². The highest BCUT2D eigenvalue weighted by Gasteiger charge is 2.72. The zero-order valence-corrected chi connectivity index (χ0v) is 29.6. The van der Waals surface area contributed by atoms with Crippen LogP contribution >= 0.6 is 0 Å². The van der Waals surface area contributed by atoms with Crippen LogP contribution in [0, 0.1) is 62.6 Å². The van der Waals surface area contributed by atoms with Crippen LogP contribution in [0.15, 0.2) is 0 Å². The predicted molar refractivity (Wildman–Crippen MR) is 175 cm³/mol. The van der Waals surface area contributed by atoms with Crippen molar-refractivity contribution in [3.63, 3.8) is 0 Å². The summed E-state index contributed by atoms with van der Waals surface area (Å²) in [6.45, 7) is 14.5. The molecule has 3 N–H and O–H groups in total. The number of alkyl carbamates (subject to hydrolysis) is 1. The first-order valence-electron chi connectivity index (χ1n) is 18.6. The number of rotatable bonds is 9. The molecule has 9 nitrogen and oxygen atoms in total. The lowest BCUT2D eigenvalue weighted by Gasteiger charge is -2.72. The number of carboxylic acid groups (broad SMARTS) is 2. The van der Waals surface area contributed by atoms with Gasteiger partial charge in [0.1, 0.15) is 6.10 Å². The van der Waals surface area contributed by atoms with Crippen LogP contribution in [0.2, 0.25) is 0 Å². The largest absolute Gasteiger partial charge is 0.481 e. The Morgan fingerprint density at radius 2 is 1.51 bits per heavy atom. The van der Waals surface area contributed by atoms with Crippen LogP contribution in [0.25, 0.3) is 0 Å². The molecule has 1 amide bonds. The van der Waals surface area contributed by atoms with Gasteiger partial charge in [-0.15, -0.1) is 0 Å². The number of carboxylic acids is 2. The van der Waals surface area contributed by atoms with E-state index in [9.17, 15) is 24.3 Å². The molecule has 0 aromatic carbocycles. The molecule has 6 fully saturated rings. The molecule has 0 spiro atoms. The topological polar surface area (TPSA) is 139 Å². The molecule has 0 aromatic rings. The van der Waals surface area contributed by atoms with E-state index in [0.717, 1.165) is 64.2 Å². The summed E-state index contributed by atoms with van der Waals surface area (Å²) < 4.78 is 11.7. The van der Waals surface area contributed by atoms with Crippen molar-refractivity contribution in [2.24, 2.45) is 62.6 Å². The molecule has 0 aliphatic heterocycles. The van der Waals surface area contributed by atoms with Crippen LogP contribution in [0.4, 0.5) is 4.79 Å². The molecule has 5 unspecified atom stereocenters. The maximum Gasteiger partial charge on any atom is 0.407 e. The van der Waals surface area contributed by atoms with E-state index in [1.54, 1.807) is 0 Å². The van der Waals surface area contributed by atoms with Crippen molar-refractivity contribution in [1.82, 2.24) is 5.32 Å². The van der Waals surface area contributed by atoms with E-state index in [-0.39, 0.29) is 83.0 Å². The van der Waals surface area contributed by atoms with Gasteiger partial charge in [-0.3, -0.25) is 14.4 Å². The SMILES string of the molecule is CC(COC(=O)CCC(=O)O)[C@@H]1CC[C@]2(C(=O)O)CC[C@]3(C)C(CCC4[C@@]5(C)CC[C@@H](OC(=O)NC6CC6)C(C)(C)C5CC[C@]43C)C12. The highest BCUT2D eigenvalue weighted by molar-refractivity contribution is 5.77. The molecular formula is C38H59NO8. The summed E-state index contributed by atoms with van der Waals surface area (Å²) in [5.41, 5.74) is -0.690. The molecular weight excluding hydrogens is 598 g/mol. The predicted octanol–water partition coefficient (Wildman–Crippen LogP) is 7.45. The van der Waals surface area contributed by atoms with Crippen molar-refractivity contribution < 1.29 is 38.9 Å². The summed E-state index contributed by atoms with van der Waals surface area (Å²) >= 11 is 0. The third-order valence-electron chi connectivity index (χ3n) is 15.8. The average Bonchev–Trinajstić information content (AvgIpc) is 3.71. The summed E-state index contributed by atoms with van der Waals surface area (Å²) in [7, 11) is 0. The van der Waals surface area contributed by atoms with Crippen LogP contribution in [-0.4, -0.2) is 53.0 Å². The van der Waals surface area contributed by atoms with Crippen molar-refractivity contribution in [2.75, 3.05) is 6.61 Å². The lowest BCUT2D eigenvalue weighted by atomic mass is 9.32. The number of carbonyl (C=O) groups excluding carboxylic acids is 2. The smallest absolute Gasteiger partial charge is 0.407 e. The van der Waals surface area contributed by atoms with Crippen molar-refractivity contribution >= 4 is 24.0 Å². The Kier molecular flexibility index (Phi) is 8.76. The van der Waals surface area contributed by atoms with Gasteiger partial charge in [0.25, 0.3) is 0 Å². The molecule has 47 heavy (non-hydrogen) atoms. The standard InChI is InChI=1S/C38H59NO8/c1-22(21-46-30(42)12-11-29(40)41)24-13-18-38(32(43)44)20-19-36(5)25(31(24)38)9-10-27-35(4)16-15-28(47-33(45)39-23-7-8-23)34(2,3)26(35)14-17-37(27,36)6/h22-28,31H,7-21H2,1-6H3,(H,39,45)(H,40,41)(H,43,44)/t22?,24-,25?,26?,27?,28+,31?,35-,36+,37+,38-/m0/s1. The number of amides is 1. The minimum Gasteiger partial charge on any atom is -0.481 e. The van der Waals surface area contributed by atoms with E-state index >= 15 is 0 Å². The summed E-state index contributed by atoms with van der Waals surface area (Å²) in [5, 5.41) is 22.8. The fraction of sp³-hybridized carbons (Fsp3) is 0.895. The number of nitrogens with one attached hydrogen (secondary N) is 1. The Labute approximate surface area is 280 Å². The Balaban J connectivity index is 1.23. The minimum absolute atomic E-state index is 0.00401. The quantitative estimate of drug-likeness (QED) is 0.217. The number of fused-ring (bicyclic) bond motifs is 7. The lowest BCUT2D eigenvalue weighted by molar-refractivity contribution is -0.249. The van der Waals surface area contributed by atoms with Crippen molar-refractivity contribution in [3.05, 3.63) is 0 Å². The molecule has 6 rings (SSSR count). The molecule has 264 valence electrons.